The van der Waals surface area contributed by atoms with Crippen molar-refractivity contribution in [2.45, 2.75) is 6.54 Å². The van der Waals surface area contributed by atoms with Crippen LogP contribution in [0.5, 0.6) is 11.5 Å². The lowest BCUT2D eigenvalue weighted by Crippen LogP contribution is -2.49. The van der Waals surface area contributed by atoms with Crippen LogP contribution >= 0.6 is 23.8 Å². The van der Waals surface area contributed by atoms with Crippen LogP contribution in [0.15, 0.2) is 36.4 Å². The first-order valence-electron chi connectivity index (χ1n) is 8.70. The summed E-state index contributed by atoms with van der Waals surface area (Å²) in [4.78, 5) is 4.43. The van der Waals surface area contributed by atoms with Crippen LogP contribution in [-0.4, -0.2) is 47.9 Å². The maximum atomic E-state index is 13.2. The molecule has 1 fully saturated rings. The van der Waals surface area contributed by atoms with Crippen molar-refractivity contribution in [2.24, 2.45) is 0 Å². The fourth-order valence-electron chi connectivity index (χ4n) is 3.18. The molecule has 2 aromatic rings. The van der Waals surface area contributed by atoms with Gasteiger partial charge in [0.2, 0.25) is 6.79 Å². The Kier molecular flexibility index (Phi) is 5.33. The molecule has 0 radical (unpaired) electrons. The molecule has 5 nitrogen and oxygen atoms in total. The summed E-state index contributed by atoms with van der Waals surface area (Å²) < 4.78 is 23.9. The molecule has 0 saturated carbocycles. The highest BCUT2D eigenvalue weighted by Crippen LogP contribution is 2.34. The molecule has 0 amide bonds. The zero-order valence-corrected chi connectivity index (χ0v) is 16.2. The second-order valence-electron chi connectivity index (χ2n) is 6.50. The number of nitrogens with one attached hydrogen (secondary N) is 1. The number of thiocarbonyl (C=S) groups is 1. The van der Waals surface area contributed by atoms with Crippen molar-refractivity contribution in [3.63, 3.8) is 0 Å². The molecular weight excluding hydrogens is 389 g/mol. The van der Waals surface area contributed by atoms with E-state index in [1.165, 1.54) is 12.1 Å². The third kappa shape index (κ3) is 4.26. The molecule has 8 heteroatoms. The summed E-state index contributed by atoms with van der Waals surface area (Å²) >= 11 is 11.7. The summed E-state index contributed by atoms with van der Waals surface area (Å²) in [5.41, 5.74) is 1.82. The number of ether oxygens (including phenoxy) is 2. The number of nitrogens with zero attached hydrogens (tertiary/aromatic N) is 2. The minimum atomic E-state index is -0.312. The summed E-state index contributed by atoms with van der Waals surface area (Å²) in [5, 5.41) is 4.42. The monoisotopic (exact) mass is 407 g/mol. The zero-order chi connectivity index (χ0) is 18.8. The Labute approximate surface area is 167 Å². The first-order valence-corrected chi connectivity index (χ1v) is 9.49. The molecule has 0 aromatic heterocycles. The van der Waals surface area contributed by atoms with Gasteiger partial charge in [-0.25, -0.2) is 4.39 Å². The summed E-state index contributed by atoms with van der Waals surface area (Å²) in [5.74, 6) is 1.16. The second kappa shape index (κ2) is 7.88. The Bertz CT molecular complexity index is 859. The van der Waals surface area contributed by atoms with Crippen LogP contribution in [0.2, 0.25) is 5.02 Å². The van der Waals surface area contributed by atoms with Crippen LogP contribution in [0.4, 0.5) is 10.1 Å². The predicted octanol–water partition coefficient (Wildman–Crippen LogP) is 3.72. The quantitative estimate of drug-likeness (QED) is 0.781. The number of hydrogen-bond acceptors (Lipinski definition) is 4. The van der Waals surface area contributed by atoms with E-state index in [0.717, 1.165) is 48.9 Å². The maximum Gasteiger partial charge on any atom is 0.231 e. The van der Waals surface area contributed by atoms with Crippen molar-refractivity contribution in [3.8, 4) is 11.5 Å². The van der Waals surface area contributed by atoms with Gasteiger partial charge in [0.05, 0.1) is 0 Å². The molecule has 0 spiro atoms. The lowest BCUT2D eigenvalue weighted by Gasteiger charge is -2.36. The van der Waals surface area contributed by atoms with Gasteiger partial charge >= 0.3 is 0 Å². The van der Waals surface area contributed by atoms with Crippen LogP contribution in [0.25, 0.3) is 0 Å². The van der Waals surface area contributed by atoms with Crippen LogP contribution in [0, 0.1) is 5.82 Å². The molecule has 1 N–H and O–H groups in total. The molecule has 2 aliphatic rings. The Hall–Kier alpha value is -2.09. The Morgan fingerprint density at radius 3 is 2.63 bits per heavy atom. The molecule has 2 aromatic carbocycles. The lowest BCUT2D eigenvalue weighted by molar-refractivity contribution is 0.174. The number of piperazine rings is 1. The van der Waals surface area contributed by atoms with Crippen LogP contribution in [0.1, 0.15) is 5.56 Å². The highest BCUT2D eigenvalue weighted by Gasteiger charge is 2.20. The highest BCUT2D eigenvalue weighted by molar-refractivity contribution is 7.80. The number of anilines is 1. The SMILES string of the molecule is Fc1ccc(CN2CCN(C(=S)Nc3ccc4c(c3)OCO4)CC2)c(Cl)c1. The standard InChI is InChI=1S/C19H19ClFN3O2S/c20-16-9-14(21)2-1-13(16)11-23-5-7-24(8-6-23)19(27)22-15-3-4-17-18(10-15)26-12-25-17/h1-4,9-10H,5-8,11-12H2,(H,22,27). The molecular formula is C19H19ClFN3O2S. The van der Waals surface area contributed by atoms with E-state index in [-0.39, 0.29) is 12.6 Å². The zero-order valence-electron chi connectivity index (χ0n) is 14.6. The molecule has 142 valence electrons. The fourth-order valence-corrected chi connectivity index (χ4v) is 3.70. The molecule has 27 heavy (non-hydrogen) atoms. The smallest absolute Gasteiger partial charge is 0.231 e. The fraction of sp³-hybridized carbons (Fsp3) is 0.316. The first-order chi connectivity index (χ1) is 13.1. The van der Waals surface area contributed by atoms with E-state index in [1.54, 1.807) is 6.07 Å². The van der Waals surface area contributed by atoms with E-state index < -0.39 is 0 Å². The van der Waals surface area contributed by atoms with E-state index in [9.17, 15) is 4.39 Å². The van der Waals surface area contributed by atoms with Gasteiger partial charge in [0, 0.05) is 49.5 Å². The Balaban J connectivity index is 1.30. The van der Waals surface area contributed by atoms with Gasteiger partial charge in [-0.05, 0) is 42.0 Å². The minimum absolute atomic E-state index is 0.253. The number of hydrogen-bond donors (Lipinski definition) is 1. The average Bonchev–Trinajstić information content (AvgIpc) is 3.12. The number of rotatable bonds is 3. The van der Waals surface area contributed by atoms with Gasteiger partial charge in [-0.1, -0.05) is 17.7 Å². The molecule has 0 unspecified atom stereocenters. The maximum absolute atomic E-state index is 13.2. The lowest BCUT2D eigenvalue weighted by atomic mass is 10.2. The van der Waals surface area contributed by atoms with Gasteiger partial charge in [-0.2, -0.15) is 0 Å². The van der Waals surface area contributed by atoms with Crippen LogP contribution in [0.3, 0.4) is 0 Å². The number of halogens is 2. The van der Waals surface area contributed by atoms with E-state index in [0.29, 0.717) is 16.7 Å². The van der Waals surface area contributed by atoms with Crippen LogP contribution in [-0.2, 0) is 6.54 Å². The molecule has 0 aliphatic carbocycles. The number of fused-ring (bicyclic) bond motifs is 1. The molecule has 0 bridgehead atoms. The van der Waals surface area contributed by atoms with Gasteiger partial charge in [0.1, 0.15) is 5.82 Å². The second-order valence-corrected chi connectivity index (χ2v) is 7.29. The molecule has 1 saturated heterocycles. The Morgan fingerprint density at radius 1 is 1.07 bits per heavy atom. The molecule has 0 atom stereocenters. The van der Waals surface area contributed by atoms with Crippen LogP contribution < -0.4 is 14.8 Å². The van der Waals surface area contributed by atoms with E-state index in [1.807, 2.05) is 18.2 Å². The van der Waals surface area contributed by atoms with Crippen molar-refractivity contribution in [1.82, 2.24) is 9.80 Å². The largest absolute Gasteiger partial charge is 0.454 e. The van der Waals surface area contributed by atoms with Gasteiger partial charge < -0.3 is 19.7 Å². The minimum Gasteiger partial charge on any atom is -0.454 e. The summed E-state index contributed by atoms with van der Waals surface area (Å²) in [6.07, 6.45) is 0. The van der Waals surface area contributed by atoms with Crippen molar-refractivity contribution in [2.75, 3.05) is 38.3 Å². The average molecular weight is 408 g/mol. The van der Waals surface area contributed by atoms with E-state index >= 15 is 0 Å². The summed E-state index contributed by atoms with van der Waals surface area (Å²) in [6, 6.07) is 10.2. The summed E-state index contributed by atoms with van der Waals surface area (Å²) in [7, 11) is 0. The first kappa shape index (κ1) is 18.3. The third-order valence-electron chi connectivity index (χ3n) is 4.69. The van der Waals surface area contributed by atoms with Gasteiger partial charge in [0.25, 0.3) is 0 Å². The van der Waals surface area contributed by atoms with Gasteiger partial charge in [0.15, 0.2) is 16.6 Å². The molecule has 2 heterocycles. The van der Waals surface area contributed by atoms with Crippen molar-refractivity contribution < 1.29 is 13.9 Å². The summed E-state index contributed by atoms with van der Waals surface area (Å²) in [6.45, 7) is 4.30. The molecule has 2 aliphatic heterocycles. The number of benzene rings is 2. The normalized spacial score (nSPS) is 16.4. The van der Waals surface area contributed by atoms with Gasteiger partial charge in [-0.3, -0.25) is 4.90 Å². The topological polar surface area (TPSA) is 37.0 Å². The predicted molar refractivity (Wildman–Crippen MR) is 107 cm³/mol. The molecule has 4 rings (SSSR count). The highest BCUT2D eigenvalue weighted by atomic mass is 35.5. The van der Waals surface area contributed by atoms with Crippen molar-refractivity contribution in [3.05, 3.63) is 52.8 Å². The van der Waals surface area contributed by atoms with E-state index in [4.69, 9.17) is 33.3 Å². The van der Waals surface area contributed by atoms with Gasteiger partial charge in [-0.15, -0.1) is 0 Å². The van der Waals surface area contributed by atoms with Crippen molar-refractivity contribution in [1.29, 1.82) is 0 Å². The van der Waals surface area contributed by atoms with E-state index in [2.05, 4.69) is 15.1 Å². The Morgan fingerprint density at radius 2 is 1.85 bits per heavy atom. The van der Waals surface area contributed by atoms with Crippen molar-refractivity contribution >= 4 is 34.6 Å². The third-order valence-corrected chi connectivity index (χ3v) is 5.40.